The maximum atomic E-state index is 12.6. The number of ether oxygens (including phenoxy) is 3. The summed E-state index contributed by atoms with van der Waals surface area (Å²) in [6, 6.07) is 6.93. The number of nitrogens with zero attached hydrogens (tertiary/aromatic N) is 1. The van der Waals surface area contributed by atoms with E-state index in [1.165, 1.54) is 0 Å². The molecule has 1 atom stereocenters. The molecule has 1 aliphatic heterocycles. The van der Waals surface area contributed by atoms with Crippen LogP contribution in [0.4, 0.5) is 0 Å². The van der Waals surface area contributed by atoms with Gasteiger partial charge in [0.15, 0.2) is 0 Å². The van der Waals surface area contributed by atoms with Crippen molar-refractivity contribution in [2.45, 2.75) is 12.5 Å². The van der Waals surface area contributed by atoms with Crippen LogP contribution < -0.4 is 4.74 Å². The molecule has 0 saturated carbocycles. The molecule has 0 bridgehead atoms. The number of methoxy groups -OCH3 is 1. The third-order valence-electron chi connectivity index (χ3n) is 3.47. The number of morpholine rings is 1. The summed E-state index contributed by atoms with van der Waals surface area (Å²) >= 11 is 0. The van der Waals surface area contributed by atoms with Gasteiger partial charge in [-0.2, -0.15) is 0 Å². The van der Waals surface area contributed by atoms with Gasteiger partial charge in [-0.25, -0.2) is 0 Å². The Balaban J connectivity index is 1.98. The molecule has 7 heteroatoms. The second-order valence-corrected chi connectivity index (χ2v) is 5.21. The van der Waals surface area contributed by atoms with Crippen molar-refractivity contribution in [2.75, 3.05) is 40.0 Å². The lowest BCUT2D eigenvalue weighted by Crippen LogP contribution is -2.46. The van der Waals surface area contributed by atoms with E-state index in [9.17, 15) is 9.59 Å². The van der Waals surface area contributed by atoms with Crippen LogP contribution in [0, 0.1) is 0 Å². The summed E-state index contributed by atoms with van der Waals surface area (Å²) in [5.41, 5.74) is 0.510. The first-order chi connectivity index (χ1) is 11.1. The Bertz CT molecular complexity index is 547. The van der Waals surface area contributed by atoms with Gasteiger partial charge in [0.25, 0.3) is 5.91 Å². The highest BCUT2D eigenvalue weighted by Gasteiger charge is 2.26. The zero-order valence-corrected chi connectivity index (χ0v) is 13.1. The number of carboxylic acid groups (broad SMARTS) is 1. The summed E-state index contributed by atoms with van der Waals surface area (Å²) in [7, 11) is 1.59. The molecule has 2 rings (SSSR count). The van der Waals surface area contributed by atoms with Crippen LogP contribution in [-0.4, -0.2) is 68.0 Å². The molecule has 1 amide bonds. The molecular formula is C16H21NO6. The molecule has 1 fully saturated rings. The second-order valence-electron chi connectivity index (χ2n) is 5.21. The molecule has 7 nitrogen and oxygen atoms in total. The Kier molecular flexibility index (Phi) is 6.37. The van der Waals surface area contributed by atoms with Crippen LogP contribution >= 0.6 is 0 Å². The Morgan fingerprint density at radius 3 is 2.96 bits per heavy atom. The molecule has 1 saturated heterocycles. The van der Waals surface area contributed by atoms with Crippen molar-refractivity contribution < 1.29 is 28.9 Å². The zero-order chi connectivity index (χ0) is 16.7. The number of carboxylic acids is 1. The van der Waals surface area contributed by atoms with Crippen LogP contribution in [0.25, 0.3) is 0 Å². The SMILES string of the molecule is COCCOc1cccc(C(=O)N2CCOC(CC(=O)O)C2)c1. The average Bonchev–Trinajstić information content (AvgIpc) is 2.54. The Morgan fingerprint density at radius 1 is 1.39 bits per heavy atom. The summed E-state index contributed by atoms with van der Waals surface area (Å²) in [5, 5.41) is 8.84. The van der Waals surface area contributed by atoms with Crippen LogP contribution in [0.3, 0.4) is 0 Å². The van der Waals surface area contributed by atoms with Gasteiger partial charge in [0.05, 0.1) is 25.7 Å². The molecule has 1 N–H and O–H groups in total. The first kappa shape index (κ1) is 17.2. The topological polar surface area (TPSA) is 85.3 Å². The van der Waals surface area contributed by atoms with E-state index < -0.39 is 12.1 Å². The zero-order valence-electron chi connectivity index (χ0n) is 13.1. The Labute approximate surface area is 134 Å². The fourth-order valence-electron chi connectivity index (χ4n) is 2.37. The van der Waals surface area contributed by atoms with E-state index in [0.29, 0.717) is 37.7 Å². The van der Waals surface area contributed by atoms with Crippen molar-refractivity contribution in [1.82, 2.24) is 4.90 Å². The van der Waals surface area contributed by atoms with Gasteiger partial charge < -0.3 is 24.2 Å². The smallest absolute Gasteiger partial charge is 0.306 e. The van der Waals surface area contributed by atoms with Crippen molar-refractivity contribution in [2.24, 2.45) is 0 Å². The minimum absolute atomic E-state index is 0.107. The van der Waals surface area contributed by atoms with Crippen LogP contribution in [0.2, 0.25) is 0 Å². The first-order valence-electron chi connectivity index (χ1n) is 7.44. The molecule has 23 heavy (non-hydrogen) atoms. The molecule has 1 aromatic rings. The van der Waals surface area contributed by atoms with E-state index in [2.05, 4.69) is 0 Å². The molecule has 0 aromatic heterocycles. The molecule has 1 heterocycles. The summed E-state index contributed by atoms with van der Waals surface area (Å²) < 4.78 is 15.8. The van der Waals surface area contributed by atoms with Crippen molar-refractivity contribution >= 4 is 11.9 Å². The van der Waals surface area contributed by atoms with E-state index in [4.69, 9.17) is 19.3 Å². The number of hydrogen-bond acceptors (Lipinski definition) is 5. The van der Waals surface area contributed by atoms with E-state index in [0.717, 1.165) is 0 Å². The molecule has 1 unspecified atom stereocenters. The minimum atomic E-state index is -0.933. The van der Waals surface area contributed by atoms with E-state index in [-0.39, 0.29) is 18.9 Å². The summed E-state index contributed by atoms with van der Waals surface area (Å²) in [6.45, 7) is 1.95. The molecule has 1 aliphatic rings. The third kappa shape index (κ3) is 5.22. The number of carbonyl (C=O) groups excluding carboxylic acids is 1. The largest absolute Gasteiger partial charge is 0.491 e. The van der Waals surface area contributed by atoms with Crippen LogP contribution in [-0.2, 0) is 14.3 Å². The summed E-state index contributed by atoms with van der Waals surface area (Å²) in [6.07, 6.45) is -0.574. The van der Waals surface area contributed by atoms with Gasteiger partial charge in [-0.3, -0.25) is 9.59 Å². The van der Waals surface area contributed by atoms with Crippen molar-refractivity contribution in [1.29, 1.82) is 0 Å². The predicted molar refractivity (Wildman–Crippen MR) is 81.7 cm³/mol. The standard InChI is InChI=1S/C16H21NO6/c1-21-7-8-23-13-4-2-3-12(9-13)16(20)17-5-6-22-14(11-17)10-15(18)19/h2-4,9,14H,5-8,10-11H2,1H3,(H,18,19). The van der Waals surface area contributed by atoms with E-state index in [1.807, 2.05) is 0 Å². The van der Waals surface area contributed by atoms with Crippen molar-refractivity contribution in [3.05, 3.63) is 29.8 Å². The summed E-state index contributed by atoms with van der Waals surface area (Å²) in [4.78, 5) is 24.9. The predicted octanol–water partition coefficient (Wildman–Crippen LogP) is 1.03. The van der Waals surface area contributed by atoms with Gasteiger partial charge in [0.2, 0.25) is 0 Å². The van der Waals surface area contributed by atoms with Gasteiger partial charge >= 0.3 is 5.97 Å². The van der Waals surface area contributed by atoms with Gasteiger partial charge in [-0.05, 0) is 18.2 Å². The first-order valence-corrected chi connectivity index (χ1v) is 7.44. The molecule has 0 aliphatic carbocycles. The molecule has 0 radical (unpaired) electrons. The summed E-state index contributed by atoms with van der Waals surface area (Å²) in [5.74, 6) is -0.484. The minimum Gasteiger partial charge on any atom is -0.491 e. The molecule has 0 spiro atoms. The van der Waals surface area contributed by atoms with Crippen LogP contribution in [0.1, 0.15) is 16.8 Å². The monoisotopic (exact) mass is 323 g/mol. The fraction of sp³-hybridized carbons (Fsp3) is 0.500. The number of amides is 1. The highest BCUT2D eigenvalue weighted by atomic mass is 16.5. The normalized spacial score (nSPS) is 17.8. The number of hydrogen-bond donors (Lipinski definition) is 1. The van der Waals surface area contributed by atoms with Crippen LogP contribution in [0.5, 0.6) is 5.75 Å². The van der Waals surface area contributed by atoms with Gasteiger partial charge in [-0.1, -0.05) is 6.07 Å². The highest BCUT2D eigenvalue weighted by Crippen LogP contribution is 2.17. The number of benzene rings is 1. The lowest BCUT2D eigenvalue weighted by molar-refractivity contribution is -0.141. The second kappa shape index (κ2) is 8.50. The number of rotatable bonds is 7. The molecule has 126 valence electrons. The van der Waals surface area contributed by atoms with Crippen molar-refractivity contribution in [3.63, 3.8) is 0 Å². The quantitative estimate of drug-likeness (QED) is 0.754. The van der Waals surface area contributed by atoms with E-state index in [1.54, 1.807) is 36.3 Å². The Hall–Kier alpha value is -2.12. The molecule has 1 aromatic carbocycles. The van der Waals surface area contributed by atoms with Gasteiger partial charge in [0.1, 0.15) is 12.4 Å². The van der Waals surface area contributed by atoms with Gasteiger partial charge in [-0.15, -0.1) is 0 Å². The average molecular weight is 323 g/mol. The third-order valence-corrected chi connectivity index (χ3v) is 3.47. The Morgan fingerprint density at radius 2 is 2.22 bits per heavy atom. The van der Waals surface area contributed by atoms with Crippen LogP contribution in [0.15, 0.2) is 24.3 Å². The van der Waals surface area contributed by atoms with Crippen molar-refractivity contribution in [3.8, 4) is 5.75 Å². The maximum Gasteiger partial charge on any atom is 0.306 e. The molecular weight excluding hydrogens is 302 g/mol. The van der Waals surface area contributed by atoms with Gasteiger partial charge in [0, 0.05) is 25.8 Å². The fourth-order valence-corrected chi connectivity index (χ4v) is 2.37. The maximum absolute atomic E-state index is 12.6. The highest BCUT2D eigenvalue weighted by molar-refractivity contribution is 5.94. The lowest BCUT2D eigenvalue weighted by Gasteiger charge is -2.32. The lowest BCUT2D eigenvalue weighted by atomic mass is 10.1. The number of carbonyl (C=O) groups is 2. The van der Waals surface area contributed by atoms with E-state index >= 15 is 0 Å². The number of aliphatic carboxylic acids is 1.